The van der Waals surface area contributed by atoms with Crippen LogP contribution in [-0.2, 0) is 7.05 Å². The molecule has 0 bridgehead atoms. The van der Waals surface area contributed by atoms with E-state index in [2.05, 4.69) is 35.6 Å². The van der Waals surface area contributed by atoms with Crippen LogP contribution in [0.25, 0.3) is 23.2 Å². The number of hydrogen-bond donors (Lipinski definition) is 1. The molecule has 4 heteroatoms. The summed E-state index contributed by atoms with van der Waals surface area (Å²) in [7, 11) is 1.97. The summed E-state index contributed by atoms with van der Waals surface area (Å²) in [5.41, 5.74) is 8.79. The van der Waals surface area contributed by atoms with Gasteiger partial charge in [0.05, 0.1) is 5.39 Å². The normalized spacial score (nSPS) is 11.4. The van der Waals surface area contributed by atoms with Gasteiger partial charge in [-0.3, -0.25) is 0 Å². The smallest absolute Gasteiger partial charge is 0.146 e. The monoisotopic (exact) mass is 228 g/mol. The van der Waals surface area contributed by atoms with Gasteiger partial charge in [0.15, 0.2) is 0 Å². The van der Waals surface area contributed by atoms with Crippen LogP contribution in [0.2, 0.25) is 0 Å². The largest absolute Gasteiger partial charge is 0.383 e. The molecule has 2 aromatic rings. The molecule has 0 radical (unpaired) electrons. The molecule has 88 valence electrons. The van der Waals surface area contributed by atoms with Gasteiger partial charge in [-0.05, 0) is 12.5 Å². The summed E-state index contributed by atoms with van der Waals surface area (Å²) in [6.07, 6.45) is 8.44. The fourth-order valence-electron chi connectivity index (χ4n) is 1.96. The van der Waals surface area contributed by atoms with E-state index in [9.17, 15) is 0 Å². The van der Waals surface area contributed by atoms with Crippen molar-refractivity contribution in [1.29, 1.82) is 0 Å². The molecule has 2 heterocycles. The zero-order valence-electron chi connectivity index (χ0n) is 10.1. The number of rotatable bonds is 3. The standard InChI is InChI=1S/C13H16N4/c1-4-6-7-10-9(5-2)11-12(14)15-8-16-13(11)17(10)3/h5-8H,2,4H2,1,3H3,(H2,14,15,16)/b7-6-. The minimum absolute atomic E-state index is 0.497. The molecule has 0 aliphatic rings. The Kier molecular flexibility index (Phi) is 2.95. The summed E-state index contributed by atoms with van der Waals surface area (Å²) in [5, 5.41) is 0.876. The van der Waals surface area contributed by atoms with Gasteiger partial charge in [-0.25, -0.2) is 9.97 Å². The Morgan fingerprint density at radius 3 is 2.88 bits per heavy atom. The van der Waals surface area contributed by atoms with E-state index in [1.54, 1.807) is 6.08 Å². The van der Waals surface area contributed by atoms with Gasteiger partial charge in [-0.1, -0.05) is 25.7 Å². The van der Waals surface area contributed by atoms with Crippen molar-refractivity contribution in [3.63, 3.8) is 0 Å². The molecule has 0 saturated carbocycles. The molecule has 2 N–H and O–H groups in total. The minimum atomic E-state index is 0.497. The van der Waals surface area contributed by atoms with Gasteiger partial charge >= 0.3 is 0 Å². The molecule has 0 atom stereocenters. The van der Waals surface area contributed by atoms with E-state index in [1.165, 1.54) is 6.33 Å². The lowest BCUT2D eigenvalue weighted by Crippen LogP contribution is -1.95. The number of nitrogen functional groups attached to an aromatic ring is 1. The minimum Gasteiger partial charge on any atom is -0.383 e. The maximum atomic E-state index is 5.91. The summed E-state index contributed by atoms with van der Waals surface area (Å²) < 4.78 is 2.01. The SMILES string of the molecule is C=Cc1c(/C=C\CC)n(C)c2ncnc(N)c12. The molecular formula is C13H16N4. The molecule has 0 unspecified atom stereocenters. The van der Waals surface area contributed by atoms with Gasteiger partial charge in [0, 0.05) is 18.3 Å². The third-order valence-corrected chi connectivity index (χ3v) is 2.80. The topological polar surface area (TPSA) is 56.7 Å². The molecule has 0 aliphatic carbocycles. The van der Waals surface area contributed by atoms with Gasteiger partial charge in [-0.15, -0.1) is 0 Å². The average molecular weight is 228 g/mol. The van der Waals surface area contributed by atoms with E-state index in [4.69, 9.17) is 5.73 Å². The second kappa shape index (κ2) is 4.41. The lowest BCUT2D eigenvalue weighted by Gasteiger charge is -1.98. The first-order valence-corrected chi connectivity index (χ1v) is 5.58. The van der Waals surface area contributed by atoms with Crippen molar-refractivity contribution < 1.29 is 0 Å². The highest BCUT2D eigenvalue weighted by Gasteiger charge is 2.14. The first kappa shape index (κ1) is 11.4. The Morgan fingerprint density at radius 1 is 1.47 bits per heavy atom. The molecule has 2 rings (SSSR count). The summed E-state index contributed by atoms with van der Waals surface area (Å²) in [6.45, 7) is 5.94. The summed E-state index contributed by atoms with van der Waals surface area (Å²) in [6, 6.07) is 0. The van der Waals surface area contributed by atoms with E-state index in [-0.39, 0.29) is 0 Å². The van der Waals surface area contributed by atoms with Gasteiger partial charge in [0.2, 0.25) is 0 Å². The Hall–Kier alpha value is -2.10. The van der Waals surface area contributed by atoms with Crippen LogP contribution in [0.15, 0.2) is 19.0 Å². The number of hydrogen-bond acceptors (Lipinski definition) is 3. The number of fused-ring (bicyclic) bond motifs is 1. The first-order valence-electron chi connectivity index (χ1n) is 5.58. The highest BCUT2D eigenvalue weighted by molar-refractivity contribution is 5.97. The highest BCUT2D eigenvalue weighted by atomic mass is 15.1. The number of allylic oxidation sites excluding steroid dienone is 1. The van der Waals surface area contributed by atoms with Crippen LogP contribution in [0.4, 0.5) is 5.82 Å². The van der Waals surface area contributed by atoms with Gasteiger partial charge in [0.25, 0.3) is 0 Å². The van der Waals surface area contributed by atoms with Crippen molar-refractivity contribution in [2.24, 2.45) is 7.05 Å². The molecule has 2 aromatic heterocycles. The second-order valence-corrected chi connectivity index (χ2v) is 3.83. The lowest BCUT2D eigenvalue weighted by atomic mass is 10.1. The molecule has 0 saturated heterocycles. The summed E-state index contributed by atoms with van der Waals surface area (Å²) in [4.78, 5) is 8.30. The number of anilines is 1. The van der Waals surface area contributed by atoms with Crippen molar-refractivity contribution in [3.8, 4) is 0 Å². The predicted octanol–water partition coefficient (Wildman–Crippen LogP) is 2.62. The summed E-state index contributed by atoms with van der Waals surface area (Å²) in [5.74, 6) is 0.497. The van der Waals surface area contributed by atoms with Gasteiger partial charge in [0.1, 0.15) is 17.8 Å². The molecule has 0 spiro atoms. The van der Waals surface area contributed by atoms with Crippen LogP contribution in [0.5, 0.6) is 0 Å². The van der Waals surface area contributed by atoms with Crippen molar-refractivity contribution in [2.75, 3.05) is 5.73 Å². The van der Waals surface area contributed by atoms with Gasteiger partial charge in [-0.2, -0.15) is 0 Å². The Bertz CT molecular complexity index is 593. The van der Waals surface area contributed by atoms with E-state index >= 15 is 0 Å². The number of aryl methyl sites for hydroxylation is 1. The maximum absolute atomic E-state index is 5.91. The molecular weight excluding hydrogens is 212 g/mol. The number of aromatic nitrogens is 3. The average Bonchev–Trinajstić information content (AvgIpc) is 2.61. The van der Waals surface area contributed by atoms with E-state index in [0.29, 0.717) is 5.82 Å². The molecule has 0 aromatic carbocycles. The van der Waals surface area contributed by atoms with Crippen LogP contribution >= 0.6 is 0 Å². The number of nitrogens with zero attached hydrogens (tertiary/aromatic N) is 3. The zero-order valence-corrected chi connectivity index (χ0v) is 10.1. The van der Waals surface area contributed by atoms with Crippen molar-refractivity contribution in [1.82, 2.24) is 14.5 Å². The Labute approximate surface area is 100 Å². The van der Waals surface area contributed by atoms with Crippen LogP contribution in [0.1, 0.15) is 24.6 Å². The molecule has 0 amide bonds. The van der Waals surface area contributed by atoms with Crippen LogP contribution in [-0.4, -0.2) is 14.5 Å². The Morgan fingerprint density at radius 2 is 2.24 bits per heavy atom. The molecule has 17 heavy (non-hydrogen) atoms. The first-order chi connectivity index (χ1) is 8.20. The van der Waals surface area contributed by atoms with Crippen molar-refractivity contribution in [2.45, 2.75) is 13.3 Å². The third kappa shape index (κ3) is 1.71. The zero-order chi connectivity index (χ0) is 12.4. The van der Waals surface area contributed by atoms with Gasteiger partial charge < -0.3 is 10.3 Å². The van der Waals surface area contributed by atoms with E-state index in [1.807, 2.05) is 11.6 Å². The quantitative estimate of drug-likeness (QED) is 0.878. The molecule has 4 nitrogen and oxygen atoms in total. The van der Waals surface area contributed by atoms with Crippen molar-refractivity contribution >= 4 is 29.0 Å². The van der Waals surface area contributed by atoms with E-state index < -0.39 is 0 Å². The molecule has 0 fully saturated rings. The fraction of sp³-hybridized carbons (Fsp3) is 0.231. The molecule has 0 aliphatic heterocycles. The van der Waals surface area contributed by atoms with E-state index in [0.717, 1.165) is 28.7 Å². The lowest BCUT2D eigenvalue weighted by molar-refractivity contribution is 0.929. The van der Waals surface area contributed by atoms with Crippen LogP contribution < -0.4 is 5.73 Å². The van der Waals surface area contributed by atoms with Crippen LogP contribution in [0.3, 0.4) is 0 Å². The summed E-state index contributed by atoms with van der Waals surface area (Å²) >= 11 is 0. The van der Waals surface area contributed by atoms with Crippen molar-refractivity contribution in [3.05, 3.63) is 30.2 Å². The second-order valence-electron chi connectivity index (χ2n) is 3.83. The fourth-order valence-corrected chi connectivity index (χ4v) is 1.96. The predicted molar refractivity (Wildman–Crippen MR) is 72.3 cm³/mol. The maximum Gasteiger partial charge on any atom is 0.146 e. The Balaban J connectivity index is 2.84. The highest BCUT2D eigenvalue weighted by Crippen LogP contribution is 2.29. The van der Waals surface area contributed by atoms with Crippen LogP contribution in [0, 0.1) is 0 Å². The third-order valence-electron chi connectivity index (χ3n) is 2.80. The number of nitrogens with two attached hydrogens (primary N) is 1.